The van der Waals surface area contributed by atoms with Crippen molar-refractivity contribution in [2.24, 2.45) is 4.99 Å². The molecule has 0 aliphatic heterocycles. The molecular weight excluding hydrogens is 352 g/mol. The Hall–Kier alpha value is -2.64. The van der Waals surface area contributed by atoms with Crippen LogP contribution in [0.4, 0.5) is 0 Å². The minimum Gasteiger partial charge on any atom is -0.305 e. The first-order chi connectivity index (χ1) is 12.9. The lowest BCUT2D eigenvalue weighted by molar-refractivity contribution is -0.117. The van der Waals surface area contributed by atoms with Gasteiger partial charge < -0.3 is 4.57 Å². The molecule has 0 unspecified atom stereocenters. The van der Waals surface area contributed by atoms with Gasteiger partial charge in [-0.05, 0) is 48.6 Å². The van der Waals surface area contributed by atoms with Gasteiger partial charge in [-0.1, -0.05) is 60.9 Å². The van der Waals surface area contributed by atoms with E-state index < -0.39 is 0 Å². The van der Waals surface area contributed by atoms with E-state index in [9.17, 15) is 4.79 Å². The zero-order valence-electron chi connectivity index (χ0n) is 16.2. The average Bonchev–Trinajstić information content (AvgIpc) is 2.94. The van der Waals surface area contributed by atoms with E-state index in [0.29, 0.717) is 23.7 Å². The van der Waals surface area contributed by atoms with Crippen molar-refractivity contribution in [3.05, 3.63) is 63.5 Å². The average molecular weight is 377 g/mol. The molecule has 0 saturated carbocycles. The Morgan fingerprint density at radius 3 is 2.67 bits per heavy atom. The molecular formula is C23H24N2OS. The lowest BCUT2D eigenvalue weighted by atomic mass is 10.0. The largest absolute Gasteiger partial charge is 0.305 e. The van der Waals surface area contributed by atoms with Gasteiger partial charge in [0.1, 0.15) is 0 Å². The molecule has 1 heterocycles. The van der Waals surface area contributed by atoms with E-state index >= 15 is 0 Å². The van der Waals surface area contributed by atoms with Crippen molar-refractivity contribution < 1.29 is 4.79 Å². The fourth-order valence-corrected chi connectivity index (χ4v) is 4.23. The summed E-state index contributed by atoms with van der Waals surface area (Å²) in [4.78, 5) is 17.7. The molecule has 0 atom stereocenters. The van der Waals surface area contributed by atoms with Gasteiger partial charge in [0.25, 0.3) is 5.91 Å². The van der Waals surface area contributed by atoms with Crippen LogP contribution in [-0.2, 0) is 17.8 Å². The Labute approximate surface area is 164 Å². The van der Waals surface area contributed by atoms with E-state index in [1.807, 2.05) is 30.5 Å². The highest BCUT2D eigenvalue weighted by molar-refractivity contribution is 7.16. The molecule has 0 fully saturated rings. The van der Waals surface area contributed by atoms with Gasteiger partial charge in [-0.2, -0.15) is 4.99 Å². The topological polar surface area (TPSA) is 34.4 Å². The van der Waals surface area contributed by atoms with Gasteiger partial charge in [-0.15, -0.1) is 6.42 Å². The Morgan fingerprint density at radius 1 is 1.22 bits per heavy atom. The molecule has 0 saturated heterocycles. The highest BCUT2D eigenvalue weighted by atomic mass is 32.1. The normalized spacial score (nSPS) is 11.9. The molecule has 4 heteroatoms. The molecule has 3 nitrogen and oxygen atoms in total. The van der Waals surface area contributed by atoms with Gasteiger partial charge in [0.2, 0.25) is 0 Å². The molecule has 1 aromatic heterocycles. The maximum Gasteiger partial charge on any atom is 0.252 e. The summed E-state index contributed by atoms with van der Waals surface area (Å²) < 4.78 is 3.05. The van der Waals surface area contributed by atoms with Crippen LogP contribution in [0.1, 0.15) is 42.0 Å². The third-order valence-electron chi connectivity index (χ3n) is 4.68. The molecule has 27 heavy (non-hydrogen) atoms. The molecule has 3 rings (SSSR count). The lowest BCUT2D eigenvalue weighted by Crippen LogP contribution is -2.17. The van der Waals surface area contributed by atoms with Gasteiger partial charge in [-0.25, -0.2) is 0 Å². The fourth-order valence-electron chi connectivity index (χ4n) is 3.13. The van der Waals surface area contributed by atoms with Crippen LogP contribution in [0.2, 0.25) is 0 Å². The van der Waals surface area contributed by atoms with E-state index in [4.69, 9.17) is 6.42 Å². The van der Waals surface area contributed by atoms with Crippen LogP contribution in [-0.4, -0.2) is 10.5 Å². The number of terminal acetylenes is 1. The Balaban J connectivity index is 2.02. The van der Waals surface area contributed by atoms with Crippen molar-refractivity contribution >= 4 is 27.5 Å². The minimum atomic E-state index is -0.150. The van der Waals surface area contributed by atoms with Crippen LogP contribution >= 0.6 is 11.3 Å². The highest BCUT2D eigenvalue weighted by Gasteiger charge is 2.10. The molecule has 0 bridgehead atoms. The van der Waals surface area contributed by atoms with E-state index in [0.717, 1.165) is 21.3 Å². The van der Waals surface area contributed by atoms with Gasteiger partial charge in [0.15, 0.2) is 4.80 Å². The third-order valence-corrected chi connectivity index (χ3v) is 5.72. The van der Waals surface area contributed by atoms with Gasteiger partial charge in [0, 0.05) is 0 Å². The molecule has 0 spiro atoms. The first kappa shape index (κ1) is 19.1. The molecule has 3 aromatic rings. The van der Waals surface area contributed by atoms with Crippen molar-refractivity contribution in [2.45, 2.75) is 46.6 Å². The lowest BCUT2D eigenvalue weighted by Gasteiger charge is -2.05. The monoisotopic (exact) mass is 376 g/mol. The molecule has 1 amide bonds. The number of hydrogen-bond donors (Lipinski definition) is 0. The second kappa shape index (κ2) is 7.94. The number of benzene rings is 2. The predicted octanol–water partition coefficient (Wildman–Crippen LogP) is 4.75. The summed E-state index contributed by atoms with van der Waals surface area (Å²) >= 11 is 1.52. The van der Waals surface area contributed by atoms with Crippen molar-refractivity contribution in [2.75, 3.05) is 0 Å². The second-order valence-corrected chi connectivity index (χ2v) is 8.18. The zero-order valence-corrected chi connectivity index (χ0v) is 17.1. The summed E-state index contributed by atoms with van der Waals surface area (Å²) in [7, 11) is 0. The number of fused-ring (bicyclic) bond motifs is 1. The Kier molecular flexibility index (Phi) is 5.62. The first-order valence-electron chi connectivity index (χ1n) is 9.09. The smallest absolute Gasteiger partial charge is 0.252 e. The number of nitrogens with zero attached hydrogens (tertiary/aromatic N) is 2. The summed E-state index contributed by atoms with van der Waals surface area (Å²) in [6.45, 7) is 8.82. The molecule has 0 N–H and O–H groups in total. The Bertz CT molecular complexity index is 1110. The third kappa shape index (κ3) is 4.20. The summed E-state index contributed by atoms with van der Waals surface area (Å²) in [5, 5.41) is 0. The molecule has 0 aliphatic carbocycles. The van der Waals surface area contributed by atoms with Crippen molar-refractivity contribution in [1.29, 1.82) is 0 Å². The maximum atomic E-state index is 12.6. The van der Waals surface area contributed by atoms with E-state index in [1.165, 1.54) is 22.5 Å². The Morgan fingerprint density at radius 2 is 2.00 bits per heavy atom. The van der Waals surface area contributed by atoms with E-state index in [2.05, 4.69) is 49.0 Å². The molecule has 2 aromatic carbocycles. The van der Waals surface area contributed by atoms with Gasteiger partial charge >= 0.3 is 0 Å². The number of rotatable bonds is 4. The number of aromatic nitrogens is 1. The van der Waals surface area contributed by atoms with Crippen molar-refractivity contribution in [1.82, 2.24) is 4.57 Å². The number of thiazole rings is 1. The minimum absolute atomic E-state index is 0.150. The summed E-state index contributed by atoms with van der Waals surface area (Å²) in [6.07, 6.45) is 5.85. The zero-order chi connectivity index (χ0) is 19.6. The highest BCUT2D eigenvalue weighted by Crippen LogP contribution is 2.23. The van der Waals surface area contributed by atoms with Crippen LogP contribution in [0.5, 0.6) is 0 Å². The van der Waals surface area contributed by atoms with Crippen LogP contribution in [0, 0.1) is 26.2 Å². The number of amides is 1. The summed E-state index contributed by atoms with van der Waals surface area (Å²) in [5.41, 5.74) is 5.62. The van der Waals surface area contributed by atoms with Gasteiger partial charge in [-0.3, -0.25) is 4.79 Å². The van der Waals surface area contributed by atoms with Crippen LogP contribution in [0.25, 0.3) is 10.2 Å². The maximum absolute atomic E-state index is 12.6. The number of hydrogen-bond acceptors (Lipinski definition) is 2. The second-order valence-electron chi connectivity index (χ2n) is 7.17. The van der Waals surface area contributed by atoms with E-state index in [1.54, 1.807) is 0 Å². The predicted molar refractivity (Wildman–Crippen MR) is 113 cm³/mol. The van der Waals surface area contributed by atoms with Crippen LogP contribution in [0.15, 0.2) is 41.4 Å². The molecule has 0 aliphatic rings. The molecule has 138 valence electrons. The fraction of sp³-hybridized carbons (Fsp3) is 0.304. The number of carbonyl (C=O) groups is 1. The molecule has 0 radical (unpaired) electrons. The summed E-state index contributed by atoms with van der Waals surface area (Å²) in [6, 6.07) is 12.5. The van der Waals surface area contributed by atoms with Gasteiger partial charge in [0.05, 0.1) is 23.2 Å². The van der Waals surface area contributed by atoms with Crippen molar-refractivity contribution in [3.8, 4) is 12.3 Å². The SMILES string of the molecule is C#CCn1c(=NC(=O)Cc2ccc(C)cc2C)sc2cc(C(C)C)ccc21. The quantitative estimate of drug-likeness (QED) is 0.605. The standard InChI is InChI=1S/C23H24N2OS/c1-6-11-25-20-10-9-18(15(2)3)13-21(20)27-23(25)24-22(26)14-19-8-7-16(4)12-17(19)5/h1,7-10,12-13,15H,11,14H2,2-5H3. The summed E-state index contributed by atoms with van der Waals surface area (Å²) in [5.74, 6) is 2.98. The van der Waals surface area contributed by atoms with E-state index in [-0.39, 0.29) is 5.91 Å². The number of aryl methyl sites for hydroxylation is 2. The number of carbonyl (C=O) groups excluding carboxylic acids is 1. The van der Waals surface area contributed by atoms with Crippen LogP contribution in [0.3, 0.4) is 0 Å². The van der Waals surface area contributed by atoms with Crippen LogP contribution < -0.4 is 4.80 Å². The van der Waals surface area contributed by atoms with Crippen molar-refractivity contribution in [3.63, 3.8) is 0 Å². The first-order valence-corrected chi connectivity index (χ1v) is 9.91.